The Morgan fingerprint density at radius 2 is 2.00 bits per heavy atom. The van der Waals surface area contributed by atoms with Crippen molar-refractivity contribution in [2.75, 3.05) is 0 Å². The highest BCUT2D eigenvalue weighted by Gasteiger charge is 2.15. The summed E-state index contributed by atoms with van der Waals surface area (Å²) in [6, 6.07) is 3.58. The molecule has 0 fully saturated rings. The smallest absolute Gasteiger partial charge is 0.306 e. The number of hydrogen-bond acceptors (Lipinski definition) is 4. The Balaban J connectivity index is 2.90. The fourth-order valence-electron chi connectivity index (χ4n) is 1.09. The van der Waals surface area contributed by atoms with Gasteiger partial charge in [-0.2, -0.15) is 0 Å². The highest BCUT2D eigenvalue weighted by molar-refractivity contribution is 5.68. The van der Waals surface area contributed by atoms with Crippen LogP contribution in [0.4, 0.5) is 0 Å². The van der Waals surface area contributed by atoms with Crippen LogP contribution in [0.1, 0.15) is 18.1 Å². The van der Waals surface area contributed by atoms with E-state index in [1.165, 1.54) is 12.1 Å². The van der Waals surface area contributed by atoms with Crippen LogP contribution in [-0.4, -0.2) is 26.4 Å². The first-order chi connectivity index (χ1) is 6.50. The molecule has 1 rings (SSSR count). The Morgan fingerprint density at radius 1 is 1.36 bits per heavy atom. The molecular formula is C9H10O5. The molecule has 0 heterocycles. The average molecular weight is 198 g/mol. The molecule has 5 heteroatoms. The van der Waals surface area contributed by atoms with E-state index in [1.807, 2.05) is 0 Å². The summed E-state index contributed by atoms with van der Waals surface area (Å²) in [6.07, 6.45) is -1.76. The molecule has 0 spiro atoms. The van der Waals surface area contributed by atoms with Crippen molar-refractivity contribution in [3.8, 4) is 11.5 Å². The molecule has 76 valence electrons. The maximum absolute atomic E-state index is 10.3. The third kappa shape index (κ3) is 2.37. The predicted octanol–water partition coefficient (Wildman–Crippen LogP) is 0.606. The van der Waals surface area contributed by atoms with Gasteiger partial charge in [0.1, 0.15) is 11.5 Å². The molecular weight excluding hydrogens is 188 g/mol. The van der Waals surface area contributed by atoms with Crippen molar-refractivity contribution in [3.63, 3.8) is 0 Å². The van der Waals surface area contributed by atoms with Crippen LogP contribution in [0.25, 0.3) is 0 Å². The summed E-state index contributed by atoms with van der Waals surface area (Å²) >= 11 is 0. The van der Waals surface area contributed by atoms with E-state index in [4.69, 9.17) is 10.2 Å². The van der Waals surface area contributed by atoms with Crippen molar-refractivity contribution in [2.24, 2.45) is 0 Å². The Labute approximate surface area is 79.9 Å². The molecule has 0 aliphatic carbocycles. The number of aliphatic carboxylic acids is 1. The molecule has 0 saturated carbocycles. The van der Waals surface area contributed by atoms with Gasteiger partial charge in [0, 0.05) is 11.6 Å². The Kier molecular flexibility index (Phi) is 2.93. The topological polar surface area (TPSA) is 98.0 Å². The zero-order chi connectivity index (χ0) is 10.7. The normalized spacial score (nSPS) is 12.4. The predicted molar refractivity (Wildman–Crippen MR) is 47.0 cm³/mol. The summed E-state index contributed by atoms with van der Waals surface area (Å²) in [4.78, 5) is 10.3. The first-order valence-corrected chi connectivity index (χ1v) is 3.92. The zero-order valence-corrected chi connectivity index (χ0v) is 7.21. The highest BCUT2D eigenvalue weighted by Crippen LogP contribution is 2.29. The number of phenols is 2. The van der Waals surface area contributed by atoms with E-state index in [0.717, 1.165) is 6.07 Å². The first-order valence-electron chi connectivity index (χ1n) is 3.92. The second kappa shape index (κ2) is 3.97. The fraction of sp³-hybridized carbons (Fsp3) is 0.222. The number of phenolic OH excluding ortho intramolecular Hbond substituents is 2. The molecule has 0 amide bonds. The van der Waals surface area contributed by atoms with Crippen LogP contribution < -0.4 is 0 Å². The van der Waals surface area contributed by atoms with Gasteiger partial charge in [-0.3, -0.25) is 4.79 Å². The van der Waals surface area contributed by atoms with Gasteiger partial charge >= 0.3 is 5.97 Å². The van der Waals surface area contributed by atoms with Gasteiger partial charge < -0.3 is 20.4 Å². The van der Waals surface area contributed by atoms with Gasteiger partial charge in [-0.15, -0.1) is 0 Å². The molecule has 0 radical (unpaired) electrons. The largest absolute Gasteiger partial charge is 0.508 e. The number of benzene rings is 1. The number of aliphatic hydroxyl groups is 1. The molecule has 0 bridgehead atoms. The van der Waals surface area contributed by atoms with Gasteiger partial charge in [0.25, 0.3) is 0 Å². The summed E-state index contributed by atoms with van der Waals surface area (Å²) in [5.41, 5.74) is 0.0881. The van der Waals surface area contributed by atoms with Gasteiger partial charge in [0.2, 0.25) is 0 Å². The minimum absolute atomic E-state index is 0.0881. The van der Waals surface area contributed by atoms with E-state index in [1.54, 1.807) is 0 Å². The number of aromatic hydroxyl groups is 2. The van der Waals surface area contributed by atoms with Crippen LogP contribution in [0.3, 0.4) is 0 Å². The maximum atomic E-state index is 10.3. The second-order valence-corrected chi connectivity index (χ2v) is 2.86. The van der Waals surface area contributed by atoms with Crippen molar-refractivity contribution < 1.29 is 25.2 Å². The van der Waals surface area contributed by atoms with Crippen LogP contribution in [0.5, 0.6) is 11.5 Å². The lowest BCUT2D eigenvalue weighted by Gasteiger charge is -2.10. The van der Waals surface area contributed by atoms with Gasteiger partial charge in [0.15, 0.2) is 0 Å². The number of carboxylic acids is 1. The second-order valence-electron chi connectivity index (χ2n) is 2.86. The molecule has 1 atom stereocenters. The van der Waals surface area contributed by atoms with Crippen molar-refractivity contribution in [1.82, 2.24) is 0 Å². The van der Waals surface area contributed by atoms with E-state index in [0.29, 0.717) is 0 Å². The summed E-state index contributed by atoms with van der Waals surface area (Å²) in [6.45, 7) is 0. The Bertz CT molecular complexity index is 347. The van der Waals surface area contributed by atoms with E-state index in [2.05, 4.69) is 0 Å². The van der Waals surface area contributed by atoms with E-state index >= 15 is 0 Å². The number of hydrogen-bond donors (Lipinski definition) is 4. The van der Waals surface area contributed by atoms with E-state index < -0.39 is 18.5 Å². The molecule has 4 N–H and O–H groups in total. The van der Waals surface area contributed by atoms with Crippen LogP contribution >= 0.6 is 0 Å². The molecule has 0 aromatic heterocycles. The van der Waals surface area contributed by atoms with Crippen LogP contribution in [-0.2, 0) is 4.79 Å². The number of aliphatic hydroxyl groups excluding tert-OH is 1. The maximum Gasteiger partial charge on any atom is 0.306 e. The van der Waals surface area contributed by atoms with Gasteiger partial charge in [-0.1, -0.05) is 0 Å². The highest BCUT2D eigenvalue weighted by atomic mass is 16.4. The summed E-state index contributed by atoms with van der Waals surface area (Å²) in [5.74, 6) is -1.63. The van der Waals surface area contributed by atoms with Crippen molar-refractivity contribution >= 4 is 5.97 Å². The molecule has 0 saturated heterocycles. The minimum Gasteiger partial charge on any atom is -0.508 e. The summed E-state index contributed by atoms with van der Waals surface area (Å²) in [7, 11) is 0. The lowest BCUT2D eigenvalue weighted by Crippen LogP contribution is -2.05. The molecule has 1 aromatic rings. The number of carboxylic acid groups (broad SMARTS) is 1. The van der Waals surface area contributed by atoms with Crippen molar-refractivity contribution in [1.29, 1.82) is 0 Å². The van der Waals surface area contributed by atoms with Crippen LogP contribution in [0, 0.1) is 0 Å². The number of rotatable bonds is 3. The van der Waals surface area contributed by atoms with Crippen LogP contribution in [0.2, 0.25) is 0 Å². The Hall–Kier alpha value is -1.75. The quantitative estimate of drug-likeness (QED) is 0.570. The van der Waals surface area contributed by atoms with E-state index in [-0.39, 0.29) is 17.1 Å². The molecule has 1 aromatic carbocycles. The molecule has 14 heavy (non-hydrogen) atoms. The summed E-state index contributed by atoms with van der Waals surface area (Å²) in [5, 5.41) is 35.9. The third-order valence-corrected chi connectivity index (χ3v) is 1.74. The Morgan fingerprint density at radius 3 is 2.50 bits per heavy atom. The lowest BCUT2D eigenvalue weighted by atomic mass is 10.1. The third-order valence-electron chi connectivity index (χ3n) is 1.74. The number of carbonyl (C=O) groups is 1. The standard InChI is InChI=1S/C9H10O5/c10-5-1-2-6(7(11)3-5)8(12)4-9(13)14/h1-3,8,10-12H,4H2,(H,13,14)/t8-/m1/s1. The SMILES string of the molecule is O=C(O)C[C@@H](O)c1ccc(O)cc1O. The van der Waals surface area contributed by atoms with Crippen molar-refractivity contribution in [3.05, 3.63) is 23.8 Å². The van der Waals surface area contributed by atoms with Gasteiger partial charge in [0.05, 0.1) is 12.5 Å². The molecule has 0 aliphatic rings. The fourth-order valence-corrected chi connectivity index (χ4v) is 1.09. The van der Waals surface area contributed by atoms with E-state index in [9.17, 15) is 15.0 Å². The molecule has 5 nitrogen and oxygen atoms in total. The first kappa shape index (κ1) is 10.3. The van der Waals surface area contributed by atoms with Crippen LogP contribution in [0.15, 0.2) is 18.2 Å². The summed E-state index contributed by atoms with van der Waals surface area (Å²) < 4.78 is 0. The van der Waals surface area contributed by atoms with Gasteiger partial charge in [-0.25, -0.2) is 0 Å². The van der Waals surface area contributed by atoms with Gasteiger partial charge in [-0.05, 0) is 12.1 Å². The molecule has 0 unspecified atom stereocenters. The zero-order valence-electron chi connectivity index (χ0n) is 7.21. The molecule has 0 aliphatic heterocycles. The monoisotopic (exact) mass is 198 g/mol. The van der Waals surface area contributed by atoms with Crippen molar-refractivity contribution in [2.45, 2.75) is 12.5 Å². The lowest BCUT2D eigenvalue weighted by molar-refractivity contribution is -0.139. The average Bonchev–Trinajstić information content (AvgIpc) is 2.01. The minimum atomic E-state index is -1.27.